The molecule has 4 nitrogen and oxygen atoms in total. The highest BCUT2D eigenvalue weighted by Gasteiger charge is 2.14. The van der Waals surface area contributed by atoms with E-state index in [1.54, 1.807) is 7.11 Å². The maximum absolute atomic E-state index is 12.4. The van der Waals surface area contributed by atoms with Crippen LogP contribution in [0, 0.1) is 6.92 Å². The van der Waals surface area contributed by atoms with Crippen molar-refractivity contribution in [2.24, 2.45) is 0 Å². The first-order valence-electron chi connectivity index (χ1n) is 9.40. The molecule has 0 saturated heterocycles. The lowest BCUT2D eigenvalue weighted by molar-refractivity contribution is -0.120. The van der Waals surface area contributed by atoms with Gasteiger partial charge in [-0.25, -0.2) is 0 Å². The van der Waals surface area contributed by atoms with Crippen molar-refractivity contribution < 1.29 is 9.53 Å². The molecule has 0 aliphatic carbocycles. The number of hydrogen-bond donors (Lipinski definition) is 2. The number of aryl methyl sites for hydroxylation is 1. The molecule has 0 aromatic heterocycles. The third kappa shape index (κ3) is 5.44. The molecular weight excluding hydrogens is 348 g/mol. The summed E-state index contributed by atoms with van der Waals surface area (Å²) in [5, 5.41) is 6.36. The molecule has 0 bridgehead atoms. The van der Waals surface area contributed by atoms with Crippen molar-refractivity contribution in [3.63, 3.8) is 0 Å². The number of carbonyl (C=O) groups is 1. The van der Waals surface area contributed by atoms with Crippen LogP contribution in [0.25, 0.3) is 0 Å². The van der Waals surface area contributed by atoms with Gasteiger partial charge in [0.2, 0.25) is 5.91 Å². The second-order valence-corrected chi connectivity index (χ2v) is 6.76. The van der Waals surface area contributed by atoms with Crippen molar-refractivity contribution in [3.05, 3.63) is 101 Å². The largest absolute Gasteiger partial charge is 0.497 e. The Labute approximate surface area is 166 Å². The number of rotatable bonds is 8. The Hall–Kier alpha value is -3.11. The normalized spacial score (nSPS) is 11.6. The first-order chi connectivity index (χ1) is 13.7. The molecule has 28 heavy (non-hydrogen) atoms. The summed E-state index contributed by atoms with van der Waals surface area (Å²) < 4.78 is 5.15. The quantitative estimate of drug-likeness (QED) is 0.627. The molecule has 1 amide bonds. The van der Waals surface area contributed by atoms with Gasteiger partial charge in [0.15, 0.2) is 0 Å². The van der Waals surface area contributed by atoms with Gasteiger partial charge in [0.05, 0.1) is 19.7 Å². The Morgan fingerprint density at radius 3 is 2.18 bits per heavy atom. The molecule has 2 N–H and O–H groups in total. The van der Waals surface area contributed by atoms with E-state index in [-0.39, 0.29) is 18.5 Å². The van der Waals surface area contributed by atoms with Crippen molar-refractivity contribution in [3.8, 4) is 5.75 Å². The molecular formula is C24H26N2O2. The summed E-state index contributed by atoms with van der Waals surface area (Å²) in [5.41, 5.74) is 4.52. The number of nitrogens with one attached hydrogen (secondary N) is 2. The molecule has 3 aromatic carbocycles. The molecule has 1 atom stereocenters. The SMILES string of the molecule is COc1ccc(CNC(=O)CN[C@@H](c2ccccc2)c2ccc(C)cc2)cc1. The second-order valence-electron chi connectivity index (χ2n) is 6.76. The summed E-state index contributed by atoms with van der Waals surface area (Å²) in [4.78, 5) is 12.4. The predicted molar refractivity (Wildman–Crippen MR) is 112 cm³/mol. The zero-order chi connectivity index (χ0) is 19.8. The van der Waals surface area contributed by atoms with E-state index in [9.17, 15) is 4.79 Å². The fourth-order valence-electron chi connectivity index (χ4n) is 3.03. The van der Waals surface area contributed by atoms with Crippen molar-refractivity contribution >= 4 is 5.91 Å². The van der Waals surface area contributed by atoms with E-state index in [2.05, 4.69) is 54.0 Å². The zero-order valence-electron chi connectivity index (χ0n) is 16.3. The molecule has 0 unspecified atom stereocenters. The lowest BCUT2D eigenvalue weighted by Gasteiger charge is -2.20. The van der Waals surface area contributed by atoms with E-state index in [1.807, 2.05) is 42.5 Å². The van der Waals surface area contributed by atoms with Gasteiger partial charge in [-0.15, -0.1) is 0 Å². The highest BCUT2D eigenvalue weighted by molar-refractivity contribution is 5.78. The van der Waals surface area contributed by atoms with Crippen LogP contribution in [0.4, 0.5) is 0 Å². The molecule has 0 radical (unpaired) electrons. The molecule has 3 rings (SSSR count). The van der Waals surface area contributed by atoms with Crippen LogP contribution >= 0.6 is 0 Å². The fraction of sp³-hybridized carbons (Fsp3) is 0.208. The fourth-order valence-corrected chi connectivity index (χ4v) is 3.03. The predicted octanol–water partition coefficient (Wildman–Crippen LogP) is 4.00. The molecule has 3 aromatic rings. The van der Waals surface area contributed by atoms with E-state index in [0.717, 1.165) is 22.4 Å². The third-order valence-corrected chi connectivity index (χ3v) is 4.66. The minimum absolute atomic E-state index is 0.0338. The summed E-state index contributed by atoms with van der Waals surface area (Å²) >= 11 is 0. The summed E-state index contributed by atoms with van der Waals surface area (Å²) in [6.45, 7) is 2.80. The van der Waals surface area contributed by atoms with Crippen molar-refractivity contribution in [2.75, 3.05) is 13.7 Å². The van der Waals surface area contributed by atoms with E-state index < -0.39 is 0 Å². The lowest BCUT2D eigenvalue weighted by atomic mass is 9.98. The van der Waals surface area contributed by atoms with Gasteiger partial charge in [-0.3, -0.25) is 10.1 Å². The Morgan fingerprint density at radius 1 is 0.893 bits per heavy atom. The van der Waals surface area contributed by atoms with Gasteiger partial charge in [-0.05, 0) is 35.7 Å². The number of methoxy groups -OCH3 is 1. The van der Waals surface area contributed by atoms with Crippen molar-refractivity contribution in [2.45, 2.75) is 19.5 Å². The Kier molecular flexibility index (Phi) is 6.82. The number of carbonyl (C=O) groups excluding carboxylic acids is 1. The Morgan fingerprint density at radius 2 is 1.54 bits per heavy atom. The average molecular weight is 374 g/mol. The molecule has 0 saturated carbocycles. The van der Waals surface area contributed by atoms with Gasteiger partial charge in [-0.2, -0.15) is 0 Å². The number of hydrogen-bond acceptors (Lipinski definition) is 3. The van der Waals surface area contributed by atoms with Gasteiger partial charge >= 0.3 is 0 Å². The summed E-state index contributed by atoms with van der Waals surface area (Å²) in [5.74, 6) is 0.768. The lowest BCUT2D eigenvalue weighted by Crippen LogP contribution is -2.35. The van der Waals surface area contributed by atoms with Gasteiger partial charge in [-0.1, -0.05) is 72.3 Å². The maximum Gasteiger partial charge on any atom is 0.234 e. The van der Waals surface area contributed by atoms with Crippen LogP contribution in [0.1, 0.15) is 28.3 Å². The molecule has 0 spiro atoms. The van der Waals surface area contributed by atoms with Gasteiger partial charge < -0.3 is 10.1 Å². The maximum atomic E-state index is 12.4. The van der Waals surface area contributed by atoms with Crippen LogP contribution in [-0.2, 0) is 11.3 Å². The second kappa shape index (κ2) is 9.72. The van der Waals surface area contributed by atoms with E-state index in [4.69, 9.17) is 4.74 Å². The first kappa shape index (κ1) is 19.6. The molecule has 0 heterocycles. The molecule has 0 fully saturated rings. The van der Waals surface area contributed by atoms with E-state index in [0.29, 0.717) is 6.54 Å². The van der Waals surface area contributed by atoms with E-state index >= 15 is 0 Å². The molecule has 0 aliphatic rings. The van der Waals surface area contributed by atoms with Gasteiger partial charge in [0.25, 0.3) is 0 Å². The van der Waals surface area contributed by atoms with Crippen LogP contribution in [-0.4, -0.2) is 19.6 Å². The zero-order valence-corrected chi connectivity index (χ0v) is 16.3. The monoisotopic (exact) mass is 374 g/mol. The number of ether oxygens (including phenoxy) is 1. The smallest absolute Gasteiger partial charge is 0.234 e. The van der Waals surface area contributed by atoms with Crippen LogP contribution in [0.15, 0.2) is 78.9 Å². The summed E-state index contributed by atoms with van der Waals surface area (Å²) in [7, 11) is 1.64. The van der Waals surface area contributed by atoms with Crippen molar-refractivity contribution in [1.29, 1.82) is 0 Å². The van der Waals surface area contributed by atoms with Crippen LogP contribution in [0.3, 0.4) is 0 Å². The van der Waals surface area contributed by atoms with Crippen LogP contribution in [0.5, 0.6) is 5.75 Å². The summed E-state index contributed by atoms with van der Waals surface area (Å²) in [6.07, 6.45) is 0. The minimum Gasteiger partial charge on any atom is -0.497 e. The minimum atomic E-state index is -0.0381. The summed E-state index contributed by atoms with van der Waals surface area (Å²) in [6, 6.07) is 26.2. The third-order valence-electron chi connectivity index (χ3n) is 4.66. The highest BCUT2D eigenvalue weighted by Crippen LogP contribution is 2.22. The molecule has 4 heteroatoms. The standard InChI is InChI=1S/C24H26N2O2/c1-18-8-12-21(13-9-18)24(20-6-4-3-5-7-20)26-17-23(27)25-16-19-10-14-22(28-2)15-11-19/h3-15,24,26H,16-17H2,1-2H3,(H,25,27)/t24-/m0/s1. The first-order valence-corrected chi connectivity index (χ1v) is 9.40. The molecule has 0 aliphatic heterocycles. The van der Waals surface area contributed by atoms with Gasteiger partial charge in [0.1, 0.15) is 5.75 Å². The highest BCUT2D eigenvalue weighted by atomic mass is 16.5. The Bertz CT molecular complexity index is 875. The van der Waals surface area contributed by atoms with E-state index in [1.165, 1.54) is 5.56 Å². The van der Waals surface area contributed by atoms with Crippen LogP contribution in [0.2, 0.25) is 0 Å². The molecule has 144 valence electrons. The average Bonchev–Trinajstić information content (AvgIpc) is 2.75. The van der Waals surface area contributed by atoms with Crippen molar-refractivity contribution in [1.82, 2.24) is 10.6 Å². The van der Waals surface area contributed by atoms with Crippen LogP contribution < -0.4 is 15.4 Å². The number of amides is 1. The number of benzene rings is 3. The Balaban J connectivity index is 1.61. The van der Waals surface area contributed by atoms with Gasteiger partial charge in [0, 0.05) is 6.54 Å². The topological polar surface area (TPSA) is 50.4 Å².